The molecule has 7 nitrogen and oxygen atoms in total. The van der Waals surface area contributed by atoms with Gasteiger partial charge >= 0.3 is 0 Å². The van der Waals surface area contributed by atoms with Crippen molar-refractivity contribution in [1.29, 1.82) is 0 Å². The monoisotopic (exact) mass is 364 g/mol. The number of aryl methyl sites for hydroxylation is 2. The quantitative estimate of drug-likeness (QED) is 0.707. The standard InChI is InChI=1S/C20H24N6O/c1-3-17-21-22-18-8-9-19(23-26(17)18)24-10-12-25(13-11-24)20(27)14-16-7-5-4-6-15(16)2/h4-9H,3,10-14H2,1-2H3. The molecule has 1 amide bonds. The molecule has 3 aromatic rings. The summed E-state index contributed by atoms with van der Waals surface area (Å²) < 4.78 is 1.81. The molecule has 0 bridgehead atoms. The molecule has 0 atom stereocenters. The molecule has 1 aliphatic rings. The Morgan fingerprint density at radius 3 is 2.56 bits per heavy atom. The summed E-state index contributed by atoms with van der Waals surface area (Å²) in [5.41, 5.74) is 3.04. The Labute approximate surface area is 158 Å². The molecule has 0 unspecified atom stereocenters. The maximum Gasteiger partial charge on any atom is 0.227 e. The highest BCUT2D eigenvalue weighted by Crippen LogP contribution is 2.16. The largest absolute Gasteiger partial charge is 0.352 e. The number of benzene rings is 1. The summed E-state index contributed by atoms with van der Waals surface area (Å²) in [5, 5.41) is 13.0. The molecular formula is C20H24N6O. The maximum atomic E-state index is 12.7. The molecule has 0 N–H and O–H groups in total. The number of hydrogen-bond donors (Lipinski definition) is 0. The molecule has 0 saturated carbocycles. The van der Waals surface area contributed by atoms with Crippen LogP contribution in [0.2, 0.25) is 0 Å². The van der Waals surface area contributed by atoms with Gasteiger partial charge in [-0.3, -0.25) is 4.79 Å². The van der Waals surface area contributed by atoms with Gasteiger partial charge < -0.3 is 9.80 Å². The van der Waals surface area contributed by atoms with E-state index in [1.807, 2.05) is 46.7 Å². The molecule has 1 fully saturated rings. The molecule has 1 aliphatic heterocycles. The first-order chi connectivity index (χ1) is 13.2. The van der Waals surface area contributed by atoms with Gasteiger partial charge in [0.25, 0.3) is 0 Å². The molecule has 2 aromatic heterocycles. The van der Waals surface area contributed by atoms with Crippen molar-refractivity contribution < 1.29 is 4.79 Å². The van der Waals surface area contributed by atoms with E-state index >= 15 is 0 Å². The number of hydrogen-bond acceptors (Lipinski definition) is 5. The Bertz CT molecular complexity index is 958. The van der Waals surface area contributed by atoms with Crippen LogP contribution in [0.25, 0.3) is 5.65 Å². The summed E-state index contributed by atoms with van der Waals surface area (Å²) in [6.45, 7) is 7.09. The van der Waals surface area contributed by atoms with E-state index in [9.17, 15) is 4.79 Å². The predicted molar refractivity (Wildman–Crippen MR) is 104 cm³/mol. The van der Waals surface area contributed by atoms with Crippen molar-refractivity contribution in [2.75, 3.05) is 31.1 Å². The third kappa shape index (κ3) is 3.49. The number of carbonyl (C=O) groups is 1. The van der Waals surface area contributed by atoms with Gasteiger partial charge in [-0.2, -0.15) is 4.52 Å². The fourth-order valence-corrected chi connectivity index (χ4v) is 3.48. The predicted octanol–water partition coefficient (Wildman–Crippen LogP) is 1.89. The zero-order chi connectivity index (χ0) is 18.8. The van der Waals surface area contributed by atoms with Gasteiger partial charge in [-0.1, -0.05) is 31.2 Å². The van der Waals surface area contributed by atoms with E-state index in [1.165, 1.54) is 5.56 Å². The highest BCUT2D eigenvalue weighted by Gasteiger charge is 2.23. The molecule has 140 valence electrons. The number of anilines is 1. The number of aromatic nitrogens is 4. The van der Waals surface area contributed by atoms with Crippen molar-refractivity contribution in [3.8, 4) is 0 Å². The van der Waals surface area contributed by atoms with E-state index in [2.05, 4.69) is 28.1 Å². The third-order valence-corrected chi connectivity index (χ3v) is 5.19. The third-order valence-electron chi connectivity index (χ3n) is 5.19. The molecule has 0 spiro atoms. The van der Waals surface area contributed by atoms with Crippen molar-refractivity contribution in [3.05, 3.63) is 53.3 Å². The molecule has 27 heavy (non-hydrogen) atoms. The minimum Gasteiger partial charge on any atom is -0.352 e. The number of piperazine rings is 1. The van der Waals surface area contributed by atoms with E-state index in [0.717, 1.165) is 42.4 Å². The molecule has 0 radical (unpaired) electrons. The fourth-order valence-electron chi connectivity index (χ4n) is 3.48. The van der Waals surface area contributed by atoms with Crippen molar-refractivity contribution in [3.63, 3.8) is 0 Å². The number of rotatable bonds is 4. The van der Waals surface area contributed by atoms with Gasteiger partial charge in [0.2, 0.25) is 5.91 Å². The Balaban J connectivity index is 1.41. The lowest BCUT2D eigenvalue weighted by Crippen LogP contribution is -2.49. The van der Waals surface area contributed by atoms with Gasteiger partial charge in [0.05, 0.1) is 6.42 Å². The summed E-state index contributed by atoms with van der Waals surface area (Å²) in [6, 6.07) is 12.0. The average molecular weight is 364 g/mol. The summed E-state index contributed by atoms with van der Waals surface area (Å²) in [5.74, 6) is 1.96. The Hall–Kier alpha value is -2.96. The second-order valence-corrected chi connectivity index (χ2v) is 6.90. The van der Waals surface area contributed by atoms with E-state index in [0.29, 0.717) is 19.5 Å². The molecular weight excluding hydrogens is 340 g/mol. The van der Waals surface area contributed by atoms with Crippen molar-refractivity contribution in [2.24, 2.45) is 0 Å². The highest BCUT2D eigenvalue weighted by molar-refractivity contribution is 5.79. The van der Waals surface area contributed by atoms with Crippen LogP contribution >= 0.6 is 0 Å². The van der Waals surface area contributed by atoms with Gasteiger partial charge in [0.1, 0.15) is 5.82 Å². The topological polar surface area (TPSA) is 66.6 Å². The fraction of sp³-hybridized carbons (Fsp3) is 0.400. The molecule has 3 heterocycles. The van der Waals surface area contributed by atoms with Gasteiger partial charge in [-0.15, -0.1) is 15.3 Å². The maximum absolute atomic E-state index is 12.7. The van der Waals surface area contributed by atoms with E-state index in [-0.39, 0.29) is 5.91 Å². The Morgan fingerprint density at radius 2 is 1.81 bits per heavy atom. The SMILES string of the molecule is CCc1nnc2ccc(N3CCN(C(=O)Cc4ccccc4C)CC3)nn12. The molecule has 1 aromatic carbocycles. The van der Waals surface area contributed by atoms with Crippen LogP contribution in [-0.2, 0) is 17.6 Å². The highest BCUT2D eigenvalue weighted by atomic mass is 16.2. The minimum atomic E-state index is 0.194. The lowest BCUT2D eigenvalue weighted by Gasteiger charge is -2.35. The van der Waals surface area contributed by atoms with Gasteiger partial charge in [0, 0.05) is 32.6 Å². The van der Waals surface area contributed by atoms with Crippen LogP contribution in [0.15, 0.2) is 36.4 Å². The van der Waals surface area contributed by atoms with E-state index < -0.39 is 0 Å². The van der Waals surface area contributed by atoms with Crippen LogP contribution in [0.3, 0.4) is 0 Å². The van der Waals surface area contributed by atoms with Crippen molar-refractivity contribution >= 4 is 17.4 Å². The summed E-state index contributed by atoms with van der Waals surface area (Å²) in [4.78, 5) is 16.8. The van der Waals surface area contributed by atoms with Crippen LogP contribution < -0.4 is 4.90 Å². The van der Waals surface area contributed by atoms with Crippen LogP contribution in [0.4, 0.5) is 5.82 Å². The van der Waals surface area contributed by atoms with Crippen molar-refractivity contribution in [1.82, 2.24) is 24.7 Å². The lowest BCUT2D eigenvalue weighted by molar-refractivity contribution is -0.130. The number of nitrogens with zero attached hydrogens (tertiary/aromatic N) is 6. The lowest BCUT2D eigenvalue weighted by atomic mass is 10.1. The Kier molecular flexibility index (Phi) is 4.75. The molecule has 0 aliphatic carbocycles. The second-order valence-electron chi connectivity index (χ2n) is 6.90. The van der Waals surface area contributed by atoms with Crippen molar-refractivity contribution in [2.45, 2.75) is 26.7 Å². The average Bonchev–Trinajstić information content (AvgIpc) is 3.12. The first-order valence-corrected chi connectivity index (χ1v) is 9.44. The zero-order valence-electron chi connectivity index (χ0n) is 15.8. The van der Waals surface area contributed by atoms with Crippen LogP contribution in [-0.4, -0.2) is 56.8 Å². The van der Waals surface area contributed by atoms with Gasteiger partial charge in [-0.05, 0) is 30.2 Å². The Morgan fingerprint density at radius 1 is 1.04 bits per heavy atom. The summed E-state index contributed by atoms with van der Waals surface area (Å²) in [7, 11) is 0. The first-order valence-electron chi connectivity index (χ1n) is 9.44. The second kappa shape index (κ2) is 7.34. The summed E-state index contributed by atoms with van der Waals surface area (Å²) in [6.07, 6.45) is 1.26. The van der Waals surface area contributed by atoms with E-state index in [1.54, 1.807) is 0 Å². The van der Waals surface area contributed by atoms with Crippen LogP contribution in [0, 0.1) is 6.92 Å². The smallest absolute Gasteiger partial charge is 0.227 e. The first kappa shape index (κ1) is 17.5. The number of amides is 1. The van der Waals surface area contributed by atoms with Crippen LogP contribution in [0.1, 0.15) is 23.9 Å². The number of fused-ring (bicyclic) bond motifs is 1. The van der Waals surface area contributed by atoms with Crippen LogP contribution in [0.5, 0.6) is 0 Å². The van der Waals surface area contributed by atoms with Gasteiger partial charge in [-0.25, -0.2) is 0 Å². The molecule has 7 heteroatoms. The number of carbonyl (C=O) groups excluding carboxylic acids is 1. The van der Waals surface area contributed by atoms with E-state index in [4.69, 9.17) is 5.10 Å². The van der Waals surface area contributed by atoms with Gasteiger partial charge in [0.15, 0.2) is 11.5 Å². The normalized spacial score (nSPS) is 14.7. The zero-order valence-corrected chi connectivity index (χ0v) is 15.8. The minimum absolute atomic E-state index is 0.194. The molecule has 1 saturated heterocycles. The summed E-state index contributed by atoms with van der Waals surface area (Å²) >= 11 is 0. The molecule has 4 rings (SSSR count).